The van der Waals surface area contributed by atoms with Gasteiger partial charge < -0.3 is 14.2 Å². The molecule has 118 valence electrons. The van der Waals surface area contributed by atoms with Crippen molar-refractivity contribution in [1.82, 2.24) is 19.5 Å². The molecule has 1 aromatic carbocycles. The fourth-order valence-corrected chi connectivity index (χ4v) is 2.28. The van der Waals surface area contributed by atoms with E-state index in [4.69, 9.17) is 16.3 Å². The number of anilines is 1. The van der Waals surface area contributed by atoms with Gasteiger partial charge in [-0.1, -0.05) is 12.1 Å². The summed E-state index contributed by atoms with van der Waals surface area (Å²) in [6, 6.07) is 8.86. The Morgan fingerprint density at radius 1 is 1.17 bits per heavy atom. The number of rotatable bonds is 3. The minimum absolute atomic E-state index is 0.0202. The number of hydrogen-bond acceptors (Lipinski definition) is 6. The lowest BCUT2D eigenvalue weighted by Gasteiger charge is -2.13. The maximum absolute atomic E-state index is 12.1. The van der Waals surface area contributed by atoms with E-state index in [-0.39, 0.29) is 16.9 Å². The summed E-state index contributed by atoms with van der Waals surface area (Å²) in [4.78, 5) is 25.9. The van der Waals surface area contributed by atoms with E-state index in [0.717, 1.165) is 10.9 Å². The minimum Gasteiger partial charge on any atom is -0.423 e. The quantitative estimate of drug-likeness (QED) is 0.733. The summed E-state index contributed by atoms with van der Waals surface area (Å²) in [5.74, 6) is 0.740. The molecular formula is C15H14ClN5O2. The van der Waals surface area contributed by atoms with E-state index < -0.39 is 0 Å². The number of benzene rings is 1. The summed E-state index contributed by atoms with van der Waals surface area (Å²) in [5, 5.41) is 0.796. The number of para-hydroxylation sites is 1. The van der Waals surface area contributed by atoms with Crippen LogP contribution >= 0.6 is 11.6 Å². The van der Waals surface area contributed by atoms with Crippen molar-refractivity contribution in [2.24, 2.45) is 7.05 Å². The topological polar surface area (TPSA) is 73.1 Å². The van der Waals surface area contributed by atoms with Crippen molar-refractivity contribution in [2.75, 3.05) is 19.0 Å². The number of ether oxygens (including phenoxy) is 1. The lowest BCUT2D eigenvalue weighted by molar-refractivity contribution is 0.443. The monoisotopic (exact) mass is 331 g/mol. The largest absolute Gasteiger partial charge is 0.423 e. The van der Waals surface area contributed by atoms with Crippen LogP contribution in [-0.2, 0) is 7.05 Å². The third-order valence-electron chi connectivity index (χ3n) is 3.29. The van der Waals surface area contributed by atoms with Crippen molar-refractivity contribution in [3.05, 3.63) is 46.0 Å². The molecule has 23 heavy (non-hydrogen) atoms. The lowest BCUT2D eigenvalue weighted by atomic mass is 10.2. The molecule has 8 heteroatoms. The van der Waals surface area contributed by atoms with E-state index in [1.807, 2.05) is 24.3 Å². The summed E-state index contributed by atoms with van der Waals surface area (Å²) in [5.41, 5.74) is 0.565. The van der Waals surface area contributed by atoms with E-state index >= 15 is 0 Å². The molecule has 2 heterocycles. The zero-order valence-corrected chi connectivity index (χ0v) is 13.6. The van der Waals surface area contributed by atoms with E-state index in [9.17, 15) is 4.79 Å². The van der Waals surface area contributed by atoms with Gasteiger partial charge in [-0.15, -0.1) is 0 Å². The van der Waals surface area contributed by atoms with Gasteiger partial charge in [-0.2, -0.15) is 15.0 Å². The number of halogens is 1. The molecule has 0 atom stereocenters. The molecule has 0 radical (unpaired) electrons. The van der Waals surface area contributed by atoms with Crippen molar-refractivity contribution in [3.63, 3.8) is 0 Å². The summed E-state index contributed by atoms with van der Waals surface area (Å²) < 4.78 is 7.26. The molecule has 0 unspecified atom stereocenters. The summed E-state index contributed by atoms with van der Waals surface area (Å²) >= 11 is 5.90. The van der Waals surface area contributed by atoms with Crippen LogP contribution in [-0.4, -0.2) is 33.6 Å². The molecule has 3 aromatic rings. The zero-order valence-electron chi connectivity index (χ0n) is 12.8. The number of pyridine rings is 1. The first kappa shape index (κ1) is 15.2. The van der Waals surface area contributed by atoms with Crippen LogP contribution in [0.3, 0.4) is 0 Å². The van der Waals surface area contributed by atoms with Crippen LogP contribution in [0.2, 0.25) is 5.28 Å². The van der Waals surface area contributed by atoms with Gasteiger partial charge in [0.15, 0.2) is 0 Å². The van der Waals surface area contributed by atoms with Gasteiger partial charge in [-0.05, 0) is 23.7 Å². The molecule has 0 bridgehead atoms. The highest BCUT2D eigenvalue weighted by molar-refractivity contribution is 6.28. The van der Waals surface area contributed by atoms with Crippen LogP contribution < -0.4 is 15.2 Å². The Labute approximate surface area is 137 Å². The normalized spacial score (nSPS) is 10.8. The molecule has 2 aromatic heterocycles. The first-order valence-electron chi connectivity index (χ1n) is 6.81. The number of aromatic nitrogens is 4. The molecule has 0 saturated heterocycles. The van der Waals surface area contributed by atoms with Crippen LogP contribution in [0.15, 0.2) is 35.1 Å². The van der Waals surface area contributed by atoms with Crippen LogP contribution in [0, 0.1) is 0 Å². The van der Waals surface area contributed by atoms with Crippen LogP contribution in [0.4, 0.5) is 5.95 Å². The Morgan fingerprint density at radius 3 is 2.65 bits per heavy atom. The van der Waals surface area contributed by atoms with Crippen LogP contribution in [0.25, 0.3) is 10.9 Å². The molecule has 0 saturated carbocycles. The Balaban J connectivity index is 2.13. The second-order valence-electron chi connectivity index (χ2n) is 5.11. The molecule has 0 amide bonds. The molecule has 0 aliphatic rings. The average Bonchev–Trinajstić information content (AvgIpc) is 2.52. The van der Waals surface area contributed by atoms with Gasteiger partial charge in [0.05, 0.1) is 5.52 Å². The van der Waals surface area contributed by atoms with Gasteiger partial charge in [0.25, 0.3) is 5.56 Å². The maximum Gasteiger partial charge on any atom is 0.328 e. The predicted molar refractivity (Wildman–Crippen MR) is 88.4 cm³/mol. The third-order valence-corrected chi connectivity index (χ3v) is 3.46. The molecule has 0 aliphatic heterocycles. The van der Waals surface area contributed by atoms with Gasteiger partial charge in [-0.25, -0.2) is 0 Å². The van der Waals surface area contributed by atoms with Gasteiger partial charge in [0.2, 0.25) is 11.2 Å². The Kier molecular flexibility index (Phi) is 3.87. The van der Waals surface area contributed by atoms with E-state index in [2.05, 4.69) is 15.0 Å². The third kappa shape index (κ3) is 2.95. The average molecular weight is 332 g/mol. The summed E-state index contributed by atoms with van der Waals surface area (Å²) in [6.45, 7) is 0. The number of aryl methyl sites for hydroxylation is 1. The van der Waals surface area contributed by atoms with Crippen LogP contribution in [0.1, 0.15) is 0 Å². The molecule has 0 N–H and O–H groups in total. The Morgan fingerprint density at radius 2 is 1.91 bits per heavy atom. The number of fused-ring (bicyclic) bond motifs is 1. The maximum atomic E-state index is 12.1. The molecule has 7 nitrogen and oxygen atoms in total. The first-order valence-corrected chi connectivity index (χ1v) is 7.19. The second-order valence-corrected chi connectivity index (χ2v) is 5.44. The smallest absolute Gasteiger partial charge is 0.328 e. The molecule has 0 fully saturated rings. The highest BCUT2D eigenvalue weighted by Gasteiger charge is 2.12. The van der Waals surface area contributed by atoms with Gasteiger partial charge in [0.1, 0.15) is 5.75 Å². The first-order chi connectivity index (χ1) is 11.0. The van der Waals surface area contributed by atoms with E-state index in [0.29, 0.717) is 11.7 Å². The molecule has 0 spiro atoms. The SMILES string of the molecule is CN(C)c1nc(Cl)nc(Oc2cc(=O)n(C)c3ccccc23)n1. The van der Waals surface area contributed by atoms with Gasteiger partial charge >= 0.3 is 6.01 Å². The Bertz CT molecular complexity index is 939. The van der Waals surface area contributed by atoms with Crippen molar-refractivity contribution < 1.29 is 4.74 Å². The summed E-state index contributed by atoms with van der Waals surface area (Å²) in [6.07, 6.45) is 0. The lowest BCUT2D eigenvalue weighted by Crippen LogP contribution is -2.16. The van der Waals surface area contributed by atoms with Crippen molar-refractivity contribution >= 4 is 28.5 Å². The van der Waals surface area contributed by atoms with Crippen molar-refractivity contribution in [1.29, 1.82) is 0 Å². The number of hydrogen-bond donors (Lipinski definition) is 0. The molecule has 0 aliphatic carbocycles. The fourth-order valence-electron chi connectivity index (χ4n) is 2.13. The fraction of sp³-hybridized carbons (Fsp3) is 0.200. The zero-order chi connectivity index (χ0) is 16.6. The molecule has 3 rings (SSSR count). The van der Waals surface area contributed by atoms with Crippen molar-refractivity contribution in [3.8, 4) is 11.8 Å². The highest BCUT2D eigenvalue weighted by atomic mass is 35.5. The van der Waals surface area contributed by atoms with Crippen LogP contribution in [0.5, 0.6) is 11.8 Å². The highest BCUT2D eigenvalue weighted by Crippen LogP contribution is 2.27. The van der Waals surface area contributed by atoms with Gasteiger partial charge in [-0.3, -0.25) is 4.79 Å². The van der Waals surface area contributed by atoms with Gasteiger partial charge in [0, 0.05) is 32.6 Å². The minimum atomic E-state index is -0.188. The van der Waals surface area contributed by atoms with E-state index in [1.165, 1.54) is 6.07 Å². The summed E-state index contributed by atoms with van der Waals surface area (Å²) in [7, 11) is 5.27. The van der Waals surface area contributed by atoms with E-state index in [1.54, 1.807) is 30.6 Å². The molecular weight excluding hydrogens is 318 g/mol. The Hall–Kier alpha value is -2.67. The standard InChI is InChI=1S/C15H14ClN5O2/c1-20(2)14-17-13(16)18-15(19-14)23-11-8-12(22)21(3)10-7-5-4-6-9(10)11/h4-8H,1-3H3. The second kappa shape index (κ2) is 5.85. The number of nitrogens with zero attached hydrogens (tertiary/aromatic N) is 5. The van der Waals surface area contributed by atoms with Crippen molar-refractivity contribution in [2.45, 2.75) is 0 Å². The predicted octanol–water partition coefficient (Wildman–Crippen LogP) is 2.24.